The standard InChI is InChI=1S/C10H11N3O.CH4/c1-13-7-11-10(12-13)8-5-3-4-6-9(8)14-2;/h3-7H,1-2H3;1H4. The monoisotopic (exact) mass is 205 g/mol. The minimum absolute atomic E-state index is 0. The Bertz CT molecular complexity index is 437. The topological polar surface area (TPSA) is 39.9 Å². The summed E-state index contributed by atoms with van der Waals surface area (Å²) >= 11 is 0. The lowest BCUT2D eigenvalue weighted by Crippen LogP contribution is -1.91. The summed E-state index contributed by atoms with van der Waals surface area (Å²) in [6.07, 6.45) is 1.67. The van der Waals surface area contributed by atoms with Crippen molar-refractivity contribution in [3.05, 3.63) is 30.6 Å². The summed E-state index contributed by atoms with van der Waals surface area (Å²) < 4.78 is 6.89. The van der Waals surface area contributed by atoms with Crippen molar-refractivity contribution in [3.8, 4) is 17.1 Å². The molecule has 0 unspecified atom stereocenters. The van der Waals surface area contributed by atoms with E-state index < -0.39 is 0 Å². The van der Waals surface area contributed by atoms with Crippen LogP contribution in [0.1, 0.15) is 7.43 Å². The van der Waals surface area contributed by atoms with E-state index in [9.17, 15) is 0 Å². The second-order valence-corrected chi connectivity index (χ2v) is 2.94. The molecule has 1 aromatic carbocycles. The van der Waals surface area contributed by atoms with E-state index >= 15 is 0 Å². The molecule has 0 fully saturated rings. The van der Waals surface area contributed by atoms with Crippen molar-refractivity contribution in [1.82, 2.24) is 14.8 Å². The van der Waals surface area contributed by atoms with Gasteiger partial charge in [-0.2, -0.15) is 5.10 Å². The number of ether oxygens (including phenoxy) is 1. The van der Waals surface area contributed by atoms with Gasteiger partial charge in [0.05, 0.1) is 12.7 Å². The van der Waals surface area contributed by atoms with Gasteiger partial charge in [-0.25, -0.2) is 4.98 Å². The second kappa shape index (κ2) is 4.59. The SMILES string of the molecule is C.COc1ccccc1-c1ncn(C)n1. The van der Waals surface area contributed by atoms with Gasteiger partial charge in [0.15, 0.2) is 5.82 Å². The third-order valence-corrected chi connectivity index (χ3v) is 1.95. The van der Waals surface area contributed by atoms with Crippen LogP contribution in [0.2, 0.25) is 0 Å². The highest BCUT2D eigenvalue weighted by Crippen LogP contribution is 2.25. The summed E-state index contributed by atoms with van der Waals surface area (Å²) in [4.78, 5) is 4.17. The number of rotatable bonds is 2. The molecule has 0 aliphatic heterocycles. The molecule has 4 heteroatoms. The molecule has 2 aromatic rings. The Labute approximate surface area is 89.5 Å². The van der Waals surface area contributed by atoms with Crippen LogP contribution in [0.25, 0.3) is 11.4 Å². The highest BCUT2D eigenvalue weighted by molar-refractivity contribution is 5.63. The van der Waals surface area contributed by atoms with Crippen molar-refractivity contribution in [2.45, 2.75) is 7.43 Å². The van der Waals surface area contributed by atoms with Gasteiger partial charge in [-0.1, -0.05) is 19.6 Å². The quantitative estimate of drug-likeness (QED) is 0.754. The van der Waals surface area contributed by atoms with Gasteiger partial charge >= 0.3 is 0 Å². The Hall–Kier alpha value is -1.84. The number of benzene rings is 1. The van der Waals surface area contributed by atoms with Crippen LogP contribution in [0.15, 0.2) is 30.6 Å². The van der Waals surface area contributed by atoms with Crippen molar-refractivity contribution in [1.29, 1.82) is 0 Å². The van der Waals surface area contributed by atoms with Gasteiger partial charge in [0, 0.05) is 7.05 Å². The fourth-order valence-electron chi connectivity index (χ4n) is 1.29. The number of hydrogen-bond acceptors (Lipinski definition) is 3. The van der Waals surface area contributed by atoms with E-state index in [2.05, 4.69) is 10.1 Å². The van der Waals surface area contributed by atoms with E-state index in [1.807, 2.05) is 31.3 Å². The lowest BCUT2D eigenvalue weighted by Gasteiger charge is -2.03. The first-order valence-electron chi connectivity index (χ1n) is 4.30. The van der Waals surface area contributed by atoms with Crippen molar-refractivity contribution >= 4 is 0 Å². The predicted octanol–water partition coefficient (Wildman–Crippen LogP) is 2.13. The van der Waals surface area contributed by atoms with E-state index in [1.165, 1.54) is 0 Å². The summed E-state index contributed by atoms with van der Waals surface area (Å²) in [7, 11) is 3.48. The molecule has 0 atom stereocenters. The van der Waals surface area contributed by atoms with E-state index in [1.54, 1.807) is 18.1 Å². The molecule has 0 aliphatic carbocycles. The first-order valence-corrected chi connectivity index (χ1v) is 4.30. The van der Waals surface area contributed by atoms with Gasteiger partial charge in [0.1, 0.15) is 12.1 Å². The summed E-state index contributed by atoms with van der Waals surface area (Å²) in [6, 6.07) is 7.69. The zero-order valence-corrected chi connectivity index (χ0v) is 8.14. The van der Waals surface area contributed by atoms with Crippen LogP contribution >= 0.6 is 0 Å². The lowest BCUT2D eigenvalue weighted by molar-refractivity contribution is 0.416. The zero-order chi connectivity index (χ0) is 9.97. The van der Waals surface area contributed by atoms with Crippen LogP contribution in [0.5, 0.6) is 5.75 Å². The van der Waals surface area contributed by atoms with Gasteiger partial charge in [-0.15, -0.1) is 0 Å². The van der Waals surface area contributed by atoms with Gasteiger partial charge in [0.25, 0.3) is 0 Å². The molecule has 0 radical (unpaired) electrons. The molecular weight excluding hydrogens is 190 g/mol. The van der Waals surface area contributed by atoms with Crippen LogP contribution in [0.3, 0.4) is 0 Å². The number of hydrogen-bond donors (Lipinski definition) is 0. The van der Waals surface area contributed by atoms with Gasteiger partial charge in [-0.3, -0.25) is 4.68 Å². The Morgan fingerprint density at radius 1 is 1.27 bits per heavy atom. The van der Waals surface area contributed by atoms with Crippen molar-refractivity contribution in [2.24, 2.45) is 7.05 Å². The maximum Gasteiger partial charge on any atom is 0.184 e. The largest absolute Gasteiger partial charge is 0.496 e. The first-order chi connectivity index (χ1) is 6.81. The van der Waals surface area contributed by atoms with Crippen molar-refractivity contribution in [2.75, 3.05) is 7.11 Å². The molecule has 0 aliphatic rings. The summed E-state index contributed by atoms with van der Waals surface area (Å²) in [5, 5.41) is 4.22. The Morgan fingerprint density at radius 3 is 2.60 bits per heavy atom. The zero-order valence-electron chi connectivity index (χ0n) is 8.14. The van der Waals surface area contributed by atoms with E-state index in [-0.39, 0.29) is 7.43 Å². The average Bonchev–Trinajstić information content (AvgIpc) is 2.65. The summed E-state index contributed by atoms with van der Waals surface area (Å²) in [5.74, 6) is 1.48. The average molecular weight is 205 g/mol. The number of para-hydroxylation sites is 1. The minimum Gasteiger partial charge on any atom is -0.496 e. The number of aryl methyl sites for hydroxylation is 1. The second-order valence-electron chi connectivity index (χ2n) is 2.94. The first kappa shape index (κ1) is 11.2. The molecule has 0 N–H and O–H groups in total. The van der Waals surface area contributed by atoms with E-state index in [0.717, 1.165) is 11.3 Å². The molecule has 80 valence electrons. The lowest BCUT2D eigenvalue weighted by atomic mass is 10.2. The van der Waals surface area contributed by atoms with Gasteiger partial charge in [0.2, 0.25) is 0 Å². The maximum atomic E-state index is 5.22. The normalized spacial score (nSPS) is 9.47. The summed E-state index contributed by atoms with van der Waals surface area (Å²) in [5.41, 5.74) is 0.913. The van der Waals surface area contributed by atoms with Gasteiger partial charge in [-0.05, 0) is 12.1 Å². The van der Waals surface area contributed by atoms with Crippen molar-refractivity contribution in [3.63, 3.8) is 0 Å². The fourth-order valence-corrected chi connectivity index (χ4v) is 1.29. The van der Waals surface area contributed by atoms with E-state index in [4.69, 9.17) is 4.74 Å². The van der Waals surface area contributed by atoms with Crippen LogP contribution in [-0.2, 0) is 7.05 Å². The smallest absolute Gasteiger partial charge is 0.184 e. The number of methoxy groups -OCH3 is 1. The van der Waals surface area contributed by atoms with Gasteiger partial charge < -0.3 is 4.74 Å². The molecule has 2 rings (SSSR count). The predicted molar refractivity (Wildman–Crippen MR) is 59.7 cm³/mol. The third kappa shape index (κ3) is 2.15. The molecular formula is C11H15N3O. The minimum atomic E-state index is 0. The molecule has 1 aromatic heterocycles. The molecule has 0 amide bonds. The molecule has 0 saturated carbocycles. The molecule has 0 saturated heterocycles. The number of nitrogens with zero attached hydrogens (tertiary/aromatic N) is 3. The van der Waals surface area contributed by atoms with Crippen molar-refractivity contribution < 1.29 is 4.74 Å². The molecule has 0 spiro atoms. The van der Waals surface area contributed by atoms with E-state index in [0.29, 0.717) is 5.82 Å². The van der Waals surface area contributed by atoms with Crippen LogP contribution in [-0.4, -0.2) is 21.9 Å². The highest BCUT2D eigenvalue weighted by Gasteiger charge is 2.07. The molecule has 4 nitrogen and oxygen atoms in total. The molecule has 1 heterocycles. The molecule has 0 bridgehead atoms. The Balaban J connectivity index is 0.00000112. The fraction of sp³-hybridized carbons (Fsp3) is 0.273. The molecule has 15 heavy (non-hydrogen) atoms. The maximum absolute atomic E-state index is 5.22. The Morgan fingerprint density at radius 2 is 2.00 bits per heavy atom. The number of aromatic nitrogens is 3. The third-order valence-electron chi connectivity index (χ3n) is 1.95. The summed E-state index contributed by atoms with van der Waals surface area (Å²) in [6.45, 7) is 0. The highest BCUT2D eigenvalue weighted by atomic mass is 16.5. The van der Waals surface area contributed by atoms with Crippen LogP contribution in [0, 0.1) is 0 Å². The van der Waals surface area contributed by atoms with Crippen LogP contribution < -0.4 is 4.74 Å². The van der Waals surface area contributed by atoms with Crippen LogP contribution in [0.4, 0.5) is 0 Å². The Kier molecular flexibility index (Phi) is 3.44.